The Hall–Kier alpha value is 0.951. The minimum absolute atomic E-state index is 0. The molecule has 0 aromatic rings. The summed E-state index contributed by atoms with van der Waals surface area (Å²) in [6.45, 7) is 0. The summed E-state index contributed by atoms with van der Waals surface area (Å²) in [6.07, 6.45) is 0. The van der Waals surface area contributed by atoms with Gasteiger partial charge in [0.15, 0.2) is 0 Å². The van der Waals surface area contributed by atoms with E-state index in [9.17, 15) is 51.8 Å². The Morgan fingerprint density at radius 1 is 0.353 bits per heavy atom. The number of halogens is 12. The normalized spacial score (nSPS) is 10.6. The third-order valence-electron chi connectivity index (χ3n) is 0. The second-order valence-corrected chi connectivity index (χ2v) is 1.48. The Morgan fingerprint density at radius 3 is 0.353 bits per heavy atom. The molecule has 0 aliphatic heterocycles. The molecule has 1 nitrogen and oxygen atoms in total. The fraction of sp³-hybridized carbons (Fsp3) is 0. The van der Waals surface area contributed by atoms with Gasteiger partial charge in [0.25, 0.3) is 0 Å². The zero-order chi connectivity index (χ0) is 13.5. The minimum atomic E-state index is -6.00. The Labute approximate surface area is 129 Å². The zero-order valence-corrected chi connectivity index (χ0v) is 6.77. The van der Waals surface area contributed by atoms with Gasteiger partial charge in [-0.3, -0.25) is 0 Å². The zero-order valence-electron chi connectivity index (χ0n) is 6.77. The fourth-order valence-electron chi connectivity index (χ4n) is 0. The molecule has 0 aliphatic carbocycles. The molecule has 17 heteroatoms. The summed E-state index contributed by atoms with van der Waals surface area (Å²) in [6, 6.07) is 0. The monoisotopic (exact) mass is 319 g/mol. The van der Waals surface area contributed by atoms with Crippen LogP contribution in [-0.2, 0) is 0 Å². The van der Waals surface area contributed by atoms with Crippen molar-refractivity contribution in [2.24, 2.45) is 0 Å². The van der Waals surface area contributed by atoms with Crippen LogP contribution in [0.5, 0.6) is 0 Å². The molecule has 2 N–H and O–H groups in total. The Kier molecular flexibility index (Phi) is 21.7. The summed E-state index contributed by atoms with van der Waals surface area (Å²) >= 11 is 0. The fourth-order valence-corrected chi connectivity index (χ4v) is 0. The standard InChI is InChI=1S/3BF4.K.H2O.H/c3*2-1(3,4)5;;;/h;;;;1H2;/q3*-1;;;. The van der Waals surface area contributed by atoms with Crippen LogP contribution in [0, 0.1) is 0 Å². The summed E-state index contributed by atoms with van der Waals surface area (Å²) in [5, 5.41) is 0. The summed E-state index contributed by atoms with van der Waals surface area (Å²) in [4.78, 5) is 0. The van der Waals surface area contributed by atoms with Crippen LogP contribution in [0.25, 0.3) is 0 Å². The van der Waals surface area contributed by atoms with E-state index in [1.165, 1.54) is 0 Å². The van der Waals surface area contributed by atoms with E-state index in [1.54, 1.807) is 0 Å². The van der Waals surface area contributed by atoms with Gasteiger partial charge in [0.05, 0.1) is 0 Å². The van der Waals surface area contributed by atoms with Crippen molar-refractivity contribution in [3.63, 3.8) is 0 Å². The first-order valence-electron chi connectivity index (χ1n) is 2.62. The molecule has 0 bridgehead atoms. The van der Waals surface area contributed by atoms with Crippen molar-refractivity contribution in [1.82, 2.24) is 0 Å². The van der Waals surface area contributed by atoms with E-state index in [4.69, 9.17) is 0 Å². The molecule has 0 rings (SSSR count). The Bertz CT molecular complexity index is 96.8. The predicted molar refractivity (Wildman–Crippen MR) is 41.3 cm³/mol. The predicted octanol–water partition coefficient (Wildman–Crippen LogP) is 2.43. The van der Waals surface area contributed by atoms with Crippen molar-refractivity contribution in [3.05, 3.63) is 0 Å². The van der Waals surface area contributed by atoms with Crippen LogP contribution >= 0.6 is 0 Å². The molecule has 0 radical (unpaired) electrons. The molecule has 0 saturated carbocycles. The average molecular weight is 319 g/mol. The first-order valence-corrected chi connectivity index (χ1v) is 2.62. The van der Waals surface area contributed by atoms with Gasteiger partial charge in [-0.2, -0.15) is 0 Å². The van der Waals surface area contributed by atoms with E-state index in [0.29, 0.717) is 0 Å². The molecular weight excluding hydrogens is 316 g/mol. The van der Waals surface area contributed by atoms with Crippen LogP contribution in [0.4, 0.5) is 51.8 Å². The van der Waals surface area contributed by atoms with Crippen LogP contribution < -0.4 is 0 Å². The van der Waals surface area contributed by atoms with Crippen molar-refractivity contribution in [2.45, 2.75) is 0 Å². The van der Waals surface area contributed by atoms with Crippen molar-refractivity contribution in [2.75, 3.05) is 0 Å². The van der Waals surface area contributed by atoms with Crippen molar-refractivity contribution >= 4 is 73.1 Å². The quantitative estimate of drug-likeness (QED) is 0.485. The number of hydrogen-bond donors (Lipinski definition) is 0. The topological polar surface area (TPSA) is 31.5 Å². The van der Waals surface area contributed by atoms with Crippen molar-refractivity contribution in [3.8, 4) is 0 Å². The maximum atomic E-state index is 9.75. The molecule has 0 spiro atoms. The van der Waals surface area contributed by atoms with E-state index in [2.05, 4.69) is 0 Å². The summed E-state index contributed by atoms with van der Waals surface area (Å²) in [7, 11) is -18.0. The SMILES string of the molecule is F[B-](F)(F)F.F[B-](F)(F)F.F[B-](F)(F)F.O.[KH]. The van der Waals surface area contributed by atoms with Gasteiger partial charge >= 0.3 is 73.1 Å². The first kappa shape index (κ1) is 30.8. The van der Waals surface area contributed by atoms with E-state index in [0.717, 1.165) is 0 Å². The summed E-state index contributed by atoms with van der Waals surface area (Å²) in [5.74, 6) is 0. The van der Waals surface area contributed by atoms with Gasteiger partial charge < -0.3 is 57.3 Å². The second kappa shape index (κ2) is 12.0. The molecule has 0 fully saturated rings. The maximum absolute atomic E-state index is 9.75. The Morgan fingerprint density at radius 2 is 0.353 bits per heavy atom. The molecule has 0 aromatic carbocycles. The van der Waals surface area contributed by atoms with E-state index in [-0.39, 0.29) is 56.9 Å². The summed E-state index contributed by atoms with van der Waals surface area (Å²) in [5.41, 5.74) is 0. The van der Waals surface area contributed by atoms with Gasteiger partial charge in [0.1, 0.15) is 0 Å². The molecule has 0 aliphatic rings. The van der Waals surface area contributed by atoms with Crippen LogP contribution in [0.2, 0.25) is 0 Å². The third kappa shape index (κ3) is 4190. The molecule has 0 unspecified atom stereocenters. The van der Waals surface area contributed by atoms with Crippen LogP contribution in [0.1, 0.15) is 0 Å². The molecule has 17 heavy (non-hydrogen) atoms. The molecule has 106 valence electrons. The molecule has 0 heterocycles. The van der Waals surface area contributed by atoms with Crippen LogP contribution in [-0.4, -0.2) is 78.6 Å². The molecular formula is H3B3F12KO-3. The molecule has 0 saturated heterocycles. The molecule has 0 aromatic heterocycles. The van der Waals surface area contributed by atoms with Gasteiger partial charge in [-0.25, -0.2) is 0 Å². The average Bonchev–Trinajstić information content (AvgIpc) is 1.41. The van der Waals surface area contributed by atoms with Crippen LogP contribution in [0.3, 0.4) is 0 Å². The van der Waals surface area contributed by atoms with Gasteiger partial charge in [-0.15, -0.1) is 0 Å². The van der Waals surface area contributed by atoms with Crippen molar-refractivity contribution < 1.29 is 57.3 Å². The number of rotatable bonds is 0. The van der Waals surface area contributed by atoms with Gasteiger partial charge in [0.2, 0.25) is 0 Å². The first-order chi connectivity index (χ1) is 6.00. The van der Waals surface area contributed by atoms with E-state index < -0.39 is 21.8 Å². The van der Waals surface area contributed by atoms with Crippen molar-refractivity contribution in [1.29, 1.82) is 0 Å². The summed E-state index contributed by atoms with van der Waals surface area (Å²) < 4.78 is 117. The molecule has 0 amide bonds. The molecule has 0 atom stereocenters. The van der Waals surface area contributed by atoms with Gasteiger partial charge in [-0.1, -0.05) is 0 Å². The van der Waals surface area contributed by atoms with E-state index >= 15 is 0 Å². The second-order valence-electron chi connectivity index (χ2n) is 1.48. The van der Waals surface area contributed by atoms with Gasteiger partial charge in [-0.05, 0) is 0 Å². The number of hydrogen-bond acceptors (Lipinski definition) is 0. The van der Waals surface area contributed by atoms with E-state index in [1.807, 2.05) is 0 Å². The van der Waals surface area contributed by atoms with Gasteiger partial charge in [0, 0.05) is 0 Å². The van der Waals surface area contributed by atoms with Crippen LogP contribution in [0.15, 0.2) is 0 Å². The third-order valence-corrected chi connectivity index (χ3v) is 0. The Balaban J connectivity index is -0.0000000400.